The second kappa shape index (κ2) is 6.41. The highest BCUT2D eigenvalue weighted by molar-refractivity contribution is 4.96. The first kappa shape index (κ1) is 10.7. The zero-order valence-corrected chi connectivity index (χ0v) is 7.90. The average molecular weight is 155 g/mol. The molecular weight excluding hydrogens is 134 g/mol. The third-order valence-corrected chi connectivity index (χ3v) is 2.02. The normalized spacial score (nSPS) is 10.5. The molecule has 0 rings (SSSR count). The Morgan fingerprint density at radius 3 is 2.36 bits per heavy atom. The Bertz CT molecular complexity index is 105. The molecule has 2 N–H and O–H groups in total. The van der Waals surface area contributed by atoms with Crippen LogP contribution in [0.1, 0.15) is 39.5 Å². The van der Waals surface area contributed by atoms with Gasteiger partial charge in [-0.15, -0.1) is 0 Å². The molecule has 0 bridgehead atoms. The SMILES string of the molecule is C=C(CCCCCN)C(C)C. The third-order valence-electron chi connectivity index (χ3n) is 2.02. The second-order valence-corrected chi connectivity index (χ2v) is 3.41. The molecule has 0 amide bonds. The van der Waals surface area contributed by atoms with E-state index in [1.807, 2.05) is 0 Å². The fourth-order valence-corrected chi connectivity index (χ4v) is 0.962. The van der Waals surface area contributed by atoms with E-state index in [-0.39, 0.29) is 0 Å². The second-order valence-electron chi connectivity index (χ2n) is 3.41. The predicted octanol–water partition coefficient (Wildman–Crippen LogP) is 2.72. The molecule has 0 aliphatic rings. The molecule has 0 spiro atoms. The van der Waals surface area contributed by atoms with E-state index in [0.29, 0.717) is 5.92 Å². The minimum Gasteiger partial charge on any atom is -0.330 e. The van der Waals surface area contributed by atoms with Gasteiger partial charge in [0.05, 0.1) is 0 Å². The van der Waals surface area contributed by atoms with E-state index in [0.717, 1.165) is 13.0 Å². The smallest absolute Gasteiger partial charge is 0.00773 e. The summed E-state index contributed by atoms with van der Waals surface area (Å²) in [5.74, 6) is 0.646. The number of nitrogens with two attached hydrogens (primary N) is 1. The summed E-state index contributed by atoms with van der Waals surface area (Å²) in [6, 6.07) is 0. The first-order valence-corrected chi connectivity index (χ1v) is 4.56. The lowest BCUT2D eigenvalue weighted by Crippen LogP contribution is -1.98. The van der Waals surface area contributed by atoms with Crippen LogP contribution in [0.25, 0.3) is 0 Å². The summed E-state index contributed by atoms with van der Waals surface area (Å²) >= 11 is 0. The van der Waals surface area contributed by atoms with Gasteiger partial charge in [-0.05, 0) is 31.7 Å². The van der Waals surface area contributed by atoms with E-state index < -0.39 is 0 Å². The summed E-state index contributed by atoms with van der Waals surface area (Å²) in [4.78, 5) is 0. The van der Waals surface area contributed by atoms with Crippen LogP contribution in [0.3, 0.4) is 0 Å². The van der Waals surface area contributed by atoms with Gasteiger partial charge >= 0.3 is 0 Å². The van der Waals surface area contributed by atoms with Gasteiger partial charge < -0.3 is 5.73 Å². The van der Waals surface area contributed by atoms with Crippen LogP contribution in [-0.4, -0.2) is 6.54 Å². The average Bonchev–Trinajstić information content (AvgIpc) is 1.97. The predicted molar refractivity (Wildman–Crippen MR) is 51.5 cm³/mol. The first-order valence-electron chi connectivity index (χ1n) is 4.56. The molecule has 0 radical (unpaired) electrons. The molecule has 1 heteroatoms. The van der Waals surface area contributed by atoms with E-state index in [1.54, 1.807) is 0 Å². The Morgan fingerprint density at radius 1 is 1.27 bits per heavy atom. The molecule has 0 aliphatic carbocycles. The van der Waals surface area contributed by atoms with Crippen molar-refractivity contribution < 1.29 is 0 Å². The molecule has 0 saturated carbocycles. The van der Waals surface area contributed by atoms with Gasteiger partial charge in [0.2, 0.25) is 0 Å². The number of hydrogen-bond donors (Lipinski definition) is 1. The fourth-order valence-electron chi connectivity index (χ4n) is 0.962. The van der Waals surface area contributed by atoms with Crippen molar-refractivity contribution in [1.29, 1.82) is 0 Å². The Hall–Kier alpha value is -0.300. The quantitative estimate of drug-likeness (QED) is 0.463. The third kappa shape index (κ3) is 6.11. The lowest BCUT2D eigenvalue weighted by atomic mass is 9.99. The summed E-state index contributed by atoms with van der Waals surface area (Å²) in [5.41, 5.74) is 6.76. The van der Waals surface area contributed by atoms with Crippen molar-refractivity contribution in [3.8, 4) is 0 Å². The maximum Gasteiger partial charge on any atom is -0.00773 e. The van der Waals surface area contributed by atoms with Gasteiger partial charge in [0, 0.05) is 0 Å². The minimum atomic E-state index is 0.646. The van der Waals surface area contributed by atoms with Crippen molar-refractivity contribution in [1.82, 2.24) is 0 Å². The highest BCUT2D eigenvalue weighted by Gasteiger charge is 1.98. The van der Waals surface area contributed by atoms with Gasteiger partial charge in [-0.3, -0.25) is 0 Å². The van der Waals surface area contributed by atoms with Gasteiger partial charge in [-0.25, -0.2) is 0 Å². The van der Waals surface area contributed by atoms with E-state index in [4.69, 9.17) is 5.73 Å². The van der Waals surface area contributed by atoms with Crippen LogP contribution in [0, 0.1) is 5.92 Å². The molecule has 66 valence electrons. The molecule has 0 aromatic carbocycles. The fraction of sp³-hybridized carbons (Fsp3) is 0.800. The topological polar surface area (TPSA) is 26.0 Å². The van der Waals surface area contributed by atoms with Crippen molar-refractivity contribution >= 4 is 0 Å². The molecule has 1 nitrogen and oxygen atoms in total. The Labute approximate surface area is 70.7 Å². The molecule has 0 aromatic heterocycles. The Kier molecular flexibility index (Phi) is 6.24. The molecule has 0 atom stereocenters. The lowest BCUT2D eigenvalue weighted by Gasteiger charge is -2.07. The largest absolute Gasteiger partial charge is 0.330 e. The maximum absolute atomic E-state index is 5.38. The molecular formula is C10H21N. The number of unbranched alkanes of at least 4 members (excludes halogenated alkanes) is 2. The molecule has 0 aliphatic heterocycles. The molecule has 0 fully saturated rings. The van der Waals surface area contributed by atoms with Crippen molar-refractivity contribution in [3.05, 3.63) is 12.2 Å². The van der Waals surface area contributed by atoms with Crippen LogP contribution in [0.15, 0.2) is 12.2 Å². The van der Waals surface area contributed by atoms with Crippen LogP contribution < -0.4 is 5.73 Å². The van der Waals surface area contributed by atoms with Gasteiger partial charge in [-0.1, -0.05) is 32.4 Å². The Balaban J connectivity index is 3.18. The van der Waals surface area contributed by atoms with Gasteiger partial charge in [0.1, 0.15) is 0 Å². The van der Waals surface area contributed by atoms with Gasteiger partial charge in [0.15, 0.2) is 0 Å². The highest BCUT2D eigenvalue weighted by Crippen LogP contribution is 2.14. The standard InChI is InChI=1S/C10H21N/c1-9(2)10(3)7-5-4-6-8-11/h9H,3-8,11H2,1-2H3. The monoisotopic (exact) mass is 155 g/mol. The molecule has 0 saturated heterocycles. The number of rotatable bonds is 6. The molecule has 0 heterocycles. The van der Waals surface area contributed by atoms with E-state index >= 15 is 0 Å². The van der Waals surface area contributed by atoms with Crippen LogP contribution in [0.5, 0.6) is 0 Å². The lowest BCUT2D eigenvalue weighted by molar-refractivity contribution is 0.637. The summed E-state index contributed by atoms with van der Waals surface area (Å²) in [6.07, 6.45) is 4.85. The van der Waals surface area contributed by atoms with Gasteiger partial charge in [-0.2, -0.15) is 0 Å². The van der Waals surface area contributed by atoms with Gasteiger partial charge in [0.25, 0.3) is 0 Å². The number of hydrogen-bond acceptors (Lipinski definition) is 1. The van der Waals surface area contributed by atoms with E-state index in [2.05, 4.69) is 20.4 Å². The molecule has 0 aromatic rings. The summed E-state index contributed by atoms with van der Waals surface area (Å²) in [7, 11) is 0. The van der Waals surface area contributed by atoms with Crippen molar-refractivity contribution in [2.24, 2.45) is 11.7 Å². The van der Waals surface area contributed by atoms with E-state index in [1.165, 1.54) is 24.8 Å². The van der Waals surface area contributed by atoms with Crippen LogP contribution in [-0.2, 0) is 0 Å². The van der Waals surface area contributed by atoms with Crippen molar-refractivity contribution in [2.45, 2.75) is 39.5 Å². The molecule has 11 heavy (non-hydrogen) atoms. The van der Waals surface area contributed by atoms with E-state index in [9.17, 15) is 0 Å². The van der Waals surface area contributed by atoms with Crippen LogP contribution >= 0.6 is 0 Å². The van der Waals surface area contributed by atoms with Crippen LogP contribution in [0.4, 0.5) is 0 Å². The van der Waals surface area contributed by atoms with Crippen molar-refractivity contribution in [3.63, 3.8) is 0 Å². The summed E-state index contributed by atoms with van der Waals surface area (Å²) < 4.78 is 0. The molecule has 0 unspecified atom stereocenters. The highest BCUT2D eigenvalue weighted by atomic mass is 14.5. The van der Waals surface area contributed by atoms with Crippen molar-refractivity contribution in [2.75, 3.05) is 6.54 Å². The maximum atomic E-state index is 5.38. The summed E-state index contributed by atoms with van der Waals surface area (Å²) in [6.45, 7) is 9.25. The Morgan fingerprint density at radius 2 is 1.91 bits per heavy atom. The zero-order valence-electron chi connectivity index (χ0n) is 7.90. The minimum absolute atomic E-state index is 0.646. The first-order chi connectivity index (χ1) is 5.18. The zero-order chi connectivity index (χ0) is 8.69. The number of allylic oxidation sites excluding steroid dienone is 1. The summed E-state index contributed by atoms with van der Waals surface area (Å²) in [5, 5.41) is 0. The van der Waals surface area contributed by atoms with Crippen LogP contribution in [0.2, 0.25) is 0 Å².